The Morgan fingerprint density at radius 1 is 1.02 bits per heavy atom. The maximum Gasteiger partial charge on any atom is 0.573 e. The molecule has 1 unspecified atom stereocenters. The number of alkyl halides is 4. The Bertz CT molecular complexity index is 1910. The largest absolute Gasteiger partial charge is 0.573 e. The molecule has 0 aliphatic heterocycles. The van der Waals surface area contributed by atoms with E-state index in [0.717, 1.165) is 28.7 Å². The summed E-state index contributed by atoms with van der Waals surface area (Å²) in [5.41, 5.74) is 5.46. The summed E-state index contributed by atoms with van der Waals surface area (Å²) in [4.78, 5) is 25.2. The number of urea groups is 1. The number of aryl methyl sites for hydroxylation is 2. The molecule has 0 saturated heterocycles. The number of hydrogen-bond donors (Lipinski definition) is 0. The van der Waals surface area contributed by atoms with Crippen molar-refractivity contribution >= 4 is 23.6 Å². The van der Waals surface area contributed by atoms with E-state index >= 15 is 4.39 Å². The summed E-state index contributed by atoms with van der Waals surface area (Å²) < 4.78 is 59.4. The van der Waals surface area contributed by atoms with E-state index in [1.807, 2.05) is 42.0 Å². The van der Waals surface area contributed by atoms with E-state index in [4.69, 9.17) is 0 Å². The number of rotatable bonds is 7. The molecule has 45 heavy (non-hydrogen) atoms. The van der Waals surface area contributed by atoms with E-state index in [9.17, 15) is 18.0 Å². The van der Waals surface area contributed by atoms with Gasteiger partial charge in [0.25, 0.3) is 0 Å². The zero-order chi connectivity index (χ0) is 32.3. The molecule has 0 saturated carbocycles. The highest BCUT2D eigenvalue weighted by atomic mass is 32.1. The standard InChI is InChI=1S/C32H28F4N6O2S/c1-19(2)28-20(3)6-5-7-27(28)42-21(4)17-45-31(42)39-30(43)37-16-26(33)22-8-10-23(11-9-22)29-38-18-41(40-29)24-12-14-25(15-13-24)44-32(34,35)36/h5-19,26H,1-4H3. The van der Waals surface area contributed by atoms with Crippen molar-refractivity contribution in [2.24, 2.45) is 9.98 Å². The van der Waals surface area contributed by atoms with Crippen LogP contribution >= 0.6 is 11.3 Å². The molecule has 232 valence electrons. The van der Waals surface area contributed by atoms with Gasteiger partial charge in [-0.3, -0.25) is 4.57 Å². The fraction of sp³-hybridized carbons (Fsp3) is 0.219. The molecule has 1 atom stereocenters. The quantitative estimate of drug-likeness (QED) is 0.133. The average molecular weight is 637 g/mol. The molecule has 2 amide bonds. The molecule has 8 nitrogen and oxygen atoms in total. The minimum atomic E-state index is -4.78. The van der Waals surface area contributed by atoms with E-state index in [0.29, 0.717) is 21.9 Å². The topological polar surface area (TPSA) is 86.7 Å². The highest BCUT2D eigenvalue weighted by Gasteiger charge is 2.31. The Morgan fingerprint density at radius 3 is 2.40 bits per heavy atom. The number of aliphatic imine (C=N–C) groups is 1. The molecule has 2 aromatic heterocycles. The number of carbonyl (C=O) groups excluding carboxylic acids is 1. The molecule has 0 fully saturated rings. The van der Waals surface area contributed by atoms with Crippen LogP contribution in [0.4, 0.5) is 22.4 Å². The molecular weight excluding hydrogens is 608 g/mol. The Kier molecular flexibility index (Phi) is 9.09. The lowest BCUT2D eigenvalue weighted by Gasteiger charge is -2.17. The maximum absolute atomic E-state index is 15.0. The number of aromatic nitrogens is 4. The monoisotopic (exact) mass is 636 g/mol. The molecule has 0 aliphatic carbocycles. The van der Waals surface area contributed by atoms with Gasteiger partial charge in [-0.25, -0.2) is 23.8 Å². The molecule has 2 heterocycles. The third kappa shape index (κ3) is 7.43. The first-order valence-corrected chi connectivity index (χ1v) is 14.7. The minimum Gasteiger partial charge on any atom is -0.406 e. The molecule has 0 radical (unpaired) electrons. The SMILES string of the molecule is Cc1cccc(-n2c(C)csc2=NC(=O)N=CC(F)c2ccc(-c3ncn(-c4ccc(OC(F)(F)F)cc4)n3)cc2)c1C(C)C. The van der Waals surface area contributed by atoms with Gasteiger partial charge in [0, 0.05) is 22.9 Å². The van der Waals surface area contributed by atoms with Crippen molar-refractivity contribution in [2.45, 2.75) is 46.1 Å². The summed E-state index contributed by atoms with van der Waals surface area (Å²) >= 11 is 1.31. The Balaban J connectivity index is 1.28. The van der Waals surface area contributed by atoms with E-state index in [2.05, 4.69) is 38.7 Å². The van der Waals surface area contributed by atoms with E-state index < -0.39 is 18.6 Å². The lowest BCUT2D eigenvalue weighted by atomic mass is 9.96. The summed E-state index contributed by atoms with van der Waals surface area (Å²) in [6.07, 6.45) is -4.13. The first kappa shape index (κ1) is 31.5. The molecule has 3 aromatic carbocycles. The van der Waals surface area contributed by atoms with Crippen LogP contribution in [-0.4, -0.2) is 37.9 Å². The van der Waals surface area contributed by atoms with Gasteiger partial charge in [-0.15, -0.1) is 29.6 Å². The Morgan fingerprint density at radius 2 is 1.73 bits per heavy atom. The first-order chi connectivity index (χ1) is 21.4. The van der Waals surface area contributed by atoms with E-state index in [1.165, 1.54) is 58.7 Å². The zero-order valence-electron chi connectivity index (χ0n) is 24.7. The second-order valence-electron chi connectivity index (χ2n) is 10.4. The number of hydrogen-bond acceptors (Lipinski definition) is 5. The van der Waals surface area contributed by atoms with Gasteiger partial charge in [-0.1, -0.05) is 50.2 Å². The van der Waals surface area contributed by atoms with Crippen molar-refractivity contribution in [1.82, 2.24) is 19.3 Å². The van der Waals surface area contributed by atoms with Gasteiger partial charge in [-0.05, 0) is 66.8 Å². The zero-order valence-corrected chi connectivity index (χ0v) is 25.5. The lowest BCUT2D eigenvalue weighted by molar-refractivity contribution is -0.274. The Labute approximate surface area is 260 Å². The minimum absolute atomic E-state index is 0.252. The van der Waals surface area contributed by atoms with Gasteiger partial charge >= 0.3 is 12.4 Å². The summed E-state index contributed by atoms with van der Waals surface area (Å²) in [5.74, 6) is 0.223. The summed E-state index contributed by atoms with van der Waals surface area (Å²) in [6, 6.07) is 16.6. The number of nitrogens with zero attached hydrogens (tertiary/aromatic N) is 6. The van der Waals surface area contributed by atoms with Gasteiger partial charge in [-0.2, -0.15) is 4.99 Å². The van der Waals surface area contributed by atoms with Crippen molar-refractivity contribution in [3.63, 3.8) is 0 Å². The van der Waals surface area contributed by atoms with E-state index in [-0.39, 0.29) is 17.2 Å². The van der Waals surface area contributed by atoms with Crippen LogP contribution in [0.3, 0.4) is 0 Å². The maximum atomic E-state index is 15.0. The fourth-order valence-electron chi connectivity index (χ4n) is 4.84. The van der Waals surface area contributed by atoms with Gasteiger partial charge in [0.1, 0.15) is 12.1 Å². The van der Waals surface area contributed by atoms with Crippen LogP contribution in [0.2, 0.25) is 0 Å². The smallest absolute Gasteiger partial charge is 0.406 e. The van der Waals surface area contributed by atoms with E-state index in [1.54, 1.807) is 12.1 Å². The molecule has 0 spiro atoms. The molecule has 0 N–H and O–H groups in total. The number of thiazole rings is 1. The molecular formula is C32H28F4N6O2S. The summed E-state index contributed by atoms with van der Waals surface area (Å²) in [6.45, 7) is 8.21. The van der Waals surface area contributed by atoms with Crippen LogP contribution < -0.4 is 9.54 Å². The van der Waals surface area contributed by atoms with Gasteiger partial charge < -0.3 is 4.74 Å². The number of ether oxygens (including phenoxy) is 1. The predicted octanol–water partition coefficient (Wildman–Crippen LogP) is 8.23. The van der Waals surface area contributed by atoms with Crippen molar-refractivity contribution in [3.8, 4) is 28.5 Å². The van der Waals surface area contributed by atoms with Gasteiger partial charge in [0.2, 0.25) is 0 Å². The summed E-state index contributed by atoms with van der Waals surface area (Å²) in [5, 5.41) is 6.25. The lowest BCUT2D eigenvalue weighted by Crippen LogP contribution is -2.18. The molecule has 13 heteroatoms. The normalized spacial score (nSPS) is 13.1. The van der Waals surface area contributed by atoms with Crippen molar-refractivity contribution in [1.29, 1.82) is 0 Å². The highest BCUT2D eigenvalue weighted by Crippen LogP contribution is 2.28. The molecule has 0 bridgehead atoms. The molecule has 5 rings (SSSR count). The number of benzene rings is 3. The van der Waals surface area contributed by atoms with Crippen molar-refractivity contribution < 1.29 is 27.1 Å². The number of halogens is 4. The first-order valence-electron chi connectivity index (χ1n) is 13.8. The second-order valence-corrected chi connectivity index (χ2v) is 11.2. The van der Waals surface area contributed by atoms with Crippen molar-refractivity contribution in [2.75, 3.05) is 0 Å². The highest BCUT2D eigenvalue weighted by molar-refractivity contribution is 7.07. The molecule has 5 aromatic rings. The van der Waals surface area contributed by atoms with Crippen LogP contribution in [0.25, 0.3) is 22.8 Å². The van der Waals surface area contributed by atoms with Crippen molar-refractivity contribution in [3.05, 3.63) is 106 Å². The van der Waals surface area contributed by atoms with Crippen LogP contribution in [-0.2, 0) is 0 Å². The van der Waals surface area contributed by atoms with Crippen LogP contribution in [0.5, 0.6) is 5.75 Å². The predicted molar refractivity (Wildman–Crippen MR) is 164 cm³/mol. The third-order valence-electron chi connectivity index (χ3n) is 6.82. The number of amides is 2. The second kappa shape index (κ2) is 13.0. The van der Waals surface area contributed by atoms with Crippen LogP contribution in [0.1, 0.15) is 48.3 Å². The van der Waals surface area contributed by atoms with Crippen LogP contribution in [0.15, 0.2) is 88.4 Å². The summed E-state index contributed by atoms with van der Waals surface area (Å²) in [7, 11) is 0. The molecule has 0 aliphatic rings. The Hall–Kier alpha value is -4.91. The average Bonchev–Trinajstić information content (AvgIpc) is 3.62. The third-order valence-corrected chi connectivity index (χ3v) is 7.76. The van der Waals surface area contributed by atoms with Gasteiger partial charge in [0.05, 0.1) is 11.4 Å². The number of carbonyl (C=O) groups is 1. The fourth-order valence-corrected chi connectivity index (χ4v) is 5.70. The van der Waals surface area contributed by atoms with Crippen LogP contribution in [0, 0.1) is 13.8 Å². The van der Waals surface area contributed by atoms with Gasteiger partial charge in [0.15, 0.2) is 16.8 Å².